The third-order valence-corrected chi connectivity index (χ3v) is 2.79. The van der Waals surface area contributed by atoms with E-state index >= 15 is 0 Å². The van der Waals surface area contributed by atoms with Crippen molar-refractivity contribution in [2.75, 3.05) is 0 Å². The summed E-state index contributed by atoms with van der Waals surface area (Å²) < 4.78 is 0. The molecular formula is C10H20N4. The van der Waals surface area contributed by atoms with Crippen LogP contribution in [0.15, 0.2) is 20.7 Å². The standard InChI is InChI=1S/C10H20N4/c1-5-6-7-8-10(9(2,3)4)11-13-14-12-10/h5-8H2,1-4H3. The Morgan fingerprint density at radius 3 is 2.00 bits per heavy atom. The Morgan fingerprint density at radius 1 is 1.00 bits per heavy atom. The lowest BCUT2D eigenvalue weighted by Crippen LogP contribution is -2.37. The number of unbranched alkanes of at least 4 members (excludes halogenated alkanes) is 2. The van der Waals surface area contributed by atoms with Crippen molar-refractivity contribution in [2.24, 2.45) is 26.1 Å². The van der Waals surface area contributed by atoms with Gasteiger partial charge in [0.05, 0.1) is 0 Å². The SMILES string of the molecule is CCCCCC1(C(C)(C)C)N=NN=N1. The minimum absolute atomic E-state index is 0.00421. The normalized spacial score (nSPS) is 19.1. The van der Waals surface area contributed by atoms with E-state index in [1.807, 2.05) is 0 Å². The Balaban J connectivity index is 2.65. The zero-order chi connectivity index (χ0) is 10.7. The Hall–Kier alpha value is -0.800. The summed E-state index contributed by atoms with van der Waals surface area (Å²) in [5.41, 5.74) is -0.396. The molecule has 0 saturated carbocycles. The Bertz CT molecular complexity index is 225. The Labute approximate surface area is 85.9 Å². The molecule has 0 saturated heterocycles. The van der Waals surface area contributed by atoms with Crippen molar-refractivity contribution in [1.82, 2.24) is 0 Å². The molecule has 0 radical (unpaired) electrons. The highest BCUT2D eigenvalue weighted by Gasteiger charge is 2.44. The van der Waals surface area contributed by atoms with Crippen LogP contribution in [-0.4, -0.2) is 5.66 Å². The van der Waals surface area contributed by atoms with Crippen molar-refractivity contribution in [3.05, 3.63) is 0 Å². The van der Waals surface area contributed by atoms with Crippen LogP contribution in [0.4, 0.5) is 0 Å². The topological polar surface area (TPSA) is 49.4 Å². The molecule has 1 aliphatic rings. The van der Waals surface area contributed by atoms with Gasteiger partial charge in [0.25, 0.3) is 0 Å². The first-order valence-corrected chi connectivity index (χ1v) is 5.36. The Morgan fingerprint density at radius 2 is 1.57 bits per heavy atom. The van der Waals surface area contributed by atoms with Gasteiger partial charge in [-0.25, -0.2) is 0 Å². The average Bonchev–Trinajstić information content (AvgIpc) is 2.53. The molecule has 1 rings (SSSR count). The summed E-state index contributed by atoms with van der Waals surface area (Å²) in [4.78, 5) is 0. The molecule has 0 aromatic heterocycles. The predicted octanol–water partition coefficient (Wildman–Crippen LogP) is 4.14. The average molecular weight is 196 g/mol. The molecule has 0 atom stereocenters. The van der Waals surface area contributed by atoms with E-state index in [9.17, 15) is 0 Å². The van der Waals surface area contributed by atoms with Gasteiger partial charge in [-0.15, -0.1) is 10.2 Å². The van der Waals surface area contributed by atoms with E-state index < -0.39 is 5.66 Å². The maximum Gasteiger partial charge on any atom is 0.200 e. The van der Waals surface area contributed by atoms with Crippen LogP contribution in [0.2, 0.25) is 0 Å². The molecule has 80 valence electrons. The maximum atomic E-state index is 4.20. The van der Waals surface area contributed by atoms with Crippen LogP contribution in [0.25, 0.3) is 0 Å². The highest BCUT2D eigenvalue weighted by molar-refractivity contribution is 4.95. The molecule has 0 aromatic rings. The van der Waals surface area contributed by atoms with Gasteiger partial charge in [-0.1, -0.05) is 40.5 Å². The monoisotopic (exact) mass is 196 g/mol. The van der Waals surface area contributed by atoms with Gasteiger partial charge in [0.15, 0.2) is 5.66 Å². The van der Waals surface area contributed by atoms with Crippen molar-refractivity contribution in [3.63, 3.8) is 0 Å². The van der Waals surface area contributed by atoms with E-state index in [1.54, 1.807) is 0 Å². The van der Waals surface area contributed by atoms with Crippen molar-refractivity contribution in [1.29, 1.82) is 0 Å². The van der Waals surface area contributed by atoms with E-state index in [0.717, 1.165) is 12.8 Å². The minimum Gasteiger partial charge on any atom is -0.134 e. The Kier molecular flexibility index (Phi) is 3.34. The van der Waals surface area contributed by atoms with Crippen molar-refractivity contribution < 1.29 is 0 Å². The highest BCUT2D eigenvalue weighted by atomic mass is 15.6. The van der Waals surface area contributed by atoms with Crippen molar-refractivity contribution in [3.8, 4) is 0 Å². The first-order chi connectivity index (χ1) is 6.52. The summed E-state index contributed by atoms with van der Waals surface area (Å²) >= 11 is 0. The van der Waals surface area contributed by atoms with E-state index in [4.69, 9.17) is 0 Å². The van der Waals surface area contributed by atoms with Crippen LogP contribution in [0.1, 0.15) is 53.4 Å². The largest absolute Gasteiger partial charge is 0.200 e. The van der Waals surface area contributed by atoms with Crippen LogP contribution < -0.4 is 0 Å². The van der Waals surface area contributed by atoms with E-state index in [-0.39, 0.29) is 5.41 Å². The van der Waals surface area contributed by atoms with Crippen molar-refractivity contribution >= 4 is 0 Å². The summed E-state index contributed by atoms with van der Waals surface area (Å²) in [7, 11) is 0. The number of hydrogen-bond donors (Lipinski definition) is 0. The second kappa shape index (κ2) is 4.15. The lowest BCUT2D eigenvalue weighted by atomic mass is 9.78. The molecule has 0 bridgehead atoms. The lowest BCUT2D eigenvalue weighted by molar-refractivity contribution is 0.178. The first-order valence-electron chi connectivity index (χ1n) is 5.36. The number of rotatable bonds is 4. The van der Waals surface area contributed by atoms with Gasteiger partial charge in [0.1, 0.15) is 0 Å². The molecule has 1 aliphatic heterocycles. The van der Waals surface area contributed by atoms with E-state index in [2.05, 4.69) is 48.4 Å². The quantitative estimate of drug-likeness (QED) is 0.607. The zero-order valence-corrected chi connectivity index (χ0v) is 9.62. The third kappa shape index (κ3) is 2.16. The van der Waals surface area contributed by atoms with Crippen LogP contribution in [0.3, 0.4) is 0 Å². The maximum absolute atomic E-state index is 4.20. The van der Waals surface area contributed by atoms with Gasteiger partial charge in [0, 0.05) is 5.41 Å². The van der Waals surface area contributed by atoms with Crippen LogP contribution in [-0.2, 0) is 0 Å². The summed E-state index contributed by atoms with van der Waals surface area (Å²) in [5, 5.41) is 15.7. The molecule has 4 heteroatoms. The highest BCUT2D eigenvalue weighted by Crippen LogP contribution is 2.42. The summed E-state index contributed by atoms with van der Waals surface area (Å²) in [6.45, 7) is 8.62. The molecule has 0 aliphatic carbocycles. The second-order valence-electron chi connectivity index (χ2n) is 4.90. The molecule has 0 spiro atoms. The minimum atomic E-state index is -0.401. The third-order valence-electron chi connectivity index (χ3n) is 2.79. The van der Waals surface area contributed by atoms with Gasteiger partial charge in [-0.2, -0.15) is 0 Å². The molecule has 4 nitrogen and oxygen atoms in total. The summed E-state index contributed by atoms with van der Waals surface area (Å²) in [5.74, 6) is 0. The van der Waals surface area contributed by atoms with Crippen LogP contribution in [0, 0.1) is 5.41 Å². The molecule has 14 heavy (non-hydrogen) atoms. The molecule has 0 amide bonds. The van der Waals surface area contributed by atoms with Gasteiger partial charge in [-0.05, 0) is 23.3 Å². The van der Waals surface area contributed by atoms with E-state index in [1.165, 1.54) is 12.8 Å². The number of hydrogen-bond acceptors (Lipinski definition) is 4. The molecular weight excluding hydrogens is 176 g/mol. The van der Waals surface area contributed by atoms with Gasteiger partial charge < -0.3 is 0 Å². The van der Waals surface area contributed by atoms with Crippen molar-refractivity contribution in [2.45, 2.75) is 59.0 Å². The fourth-order valence-corrected chi connectivity index (χ4v) is 1.60. The summed E-state index contributed by atoms with van der Waals surface area (Å²) in [6, 6.07) is 0. The van der Waals surface area contributed by atoms with Gasteiger partial charge in [-0.3, -0.25) is 0 Å². The molecule has 1 heterocycles. The van der Waals surface area contributed by atoms with Gasteiger partial charge in [0.2, 0.25) is 0 Å². The van der Waals surface area contributed by atoms with Crippen LogP contribution in [0.5, 0.6) is 0 Å². The second-order valence-corrected chi connectivity index (χ2v) is 4.90. The smallest absolute Gasteiger partial charge is 0.134 e. The molecule has 0 unspecified atom stereocenters. The lowest BCUT2D eigenvalue weighted by Gasteiger charge is -2.33. The number of nitrogens with zero attached hydrogens (tertiary/aromatic N) is 4. The molecule has 0 aromatic carbocycles. The molecule has 0 N–H and O–H groups in total. The van der Waals surface area contributed by atoms with Gasteiger partial charge >= 0.3 is 0 Å². The fraction of sp³-hybridized carbons (Fsp3) is 1.00. The summed E-state index contributed by atoms with van der Waals surface area (Å²) in [6.07, 6.45) is 4.54. The van der Waals surface area contributed by atoms with Crippen LogP contribution >= 0.6 is 0 Å². The van der Waals surface area contributed by atoms with E-state index in [0.29, 0.717) is 0 Å². The fourth-order valence-electron chi connectivity index (χ4n) is 1.60. The predicted molar refractivity (Wildman–Crippen MR) is 56.0 cm³/mol. The molecule has 0 fully saturated rings. The first kappa shape index (κ1) is 11.3. The zero-order valence-electron chi connectivity index (χ0n) is 9.62.